The van der Waals surface area contributed by atoms with Crippen molar-refractivity contribution < 1.29 is 9.59 Å². The number of amides is 3. The van der Waals surface area contributed by atoms with Gasteiger partial charge in [-0.05, 0) is 12.8 Å². The molecule has 3 heterocycles. The van der Waals surface area contributed by atoms with Crippen LogP contribution in [-0.4, -0.2) is 52.6 Å². The molecule has 1 atom stereocenters. The molecule has 1 aromatic heterocycles. The van der Waals surface area contributed by atoms with E-state index in [4.69, 9.17) is 0 Å². The Bertz CT molecular complexity index is 539. The number of likely N-dealkylation sites (tertiary alicyclic amines) is 1. The van der Waals surface area contributed by atoms with E-state index in [0.29, 0.717) is 18.8 Å². The molecule has 20 heavy (non-hydrogen) atoms. The molecule has 1 unspecified atom stereocenters. The van der Waals surface area contributed by atoms with Crippen molar-refractivity contribution in [2.24, 2.45) is 0 Å². The van der Waals surface area contributed by atoms with Crippen LogP contribution in [0.5, 0.6) is 0 Å². The summed E-state index contributed by atoms with van der Waals surface area (Å²) in [7, 11) is 1.59. The first kappa shape index (κ1) is 13.0. The van der Waals surface area contributed by atoms with E-state index in [0.717, 1.165) is 31.6 Å². The zero-order valence-corrected chi connectivity index (χ0v) is 11.6. The topological polar surface area (TPSA) is 79.3 Å². The molecule has 1 saturated heterocycles. The number of aryl methyl sites for hydroxylation is 1. The van der Waals surface area contributed by atoms with E-state index in [1.165, 1.54) is 0 Å². The van der Waals surface area contributed by atoms with E-state index in [2.05, 4.69) is 15.6 Å². The van der Waals surface area contributed by atoms with Crippen molar-refractivity contribution in [2.75, 3.05) is 20.1 Å². The molecule has 3 amide bonds. The van der Waals surface area contributed by atoms with E-state index in [1.54, 1.807) is 18.1 Å². The Labute approximate surface area is 117 Å². The molecule has 0 spiro atoms. The Balaban J connectivity index is 1.65. The highest BCUT2D eigenvalue weighted by Crippen LogP contribution is 2.19. The van der Waals surface area contributed by atoms with Crippen molar-refractivity contribution in [3.8, 4) is 0 Å². The molecular formula is C13H19N5O2. The summed E-state index contributed by atoms with van der Waals surface area (Å²) in [6.07, 6.45) is 4.48. The molecule has 0 aromatic carbocycles. The third kappa shape index (κ3) is 2.23. The van der Waals surface area contributed by atoms with E-state index in [-0.39, 0.29) is 18.0 Å². The van der Waals surface area contributed by atoms with Gasteiger partial charge in [0.2, 0.25) is 0 Å². The van der Waals surface area contributed by atoms with Crippen LogP contribution >= 0.6 is 0 Å². The molecule has 1 aromatic rings. The molecular weight excluding hydrogens is 258 g/mol. The highest BCUT2D eigenvalue weighted by atomic mass is 16.2. The number of hydrogen-bond donors (Lipinski definition) is 2. The fourth-order valence-electron chi connectivity index (χ4n) is 2.91. The van der Waals surface area contributed by atoms with Crippen LogP contribution < -0.4 is 10.6 Å². The molecule has 0 aliphatic carbocycles. The van der Waals surface area contributed by atoms with Gasteiger partial charge in [0.1, 0.15) is 11.5 Å². The van der Waals surface area contributed by atoms with Crippen LogP contribution in [0.25, 0.3) is 0 Å². The van der Waals surface area contributed by atoms with Gasteiger partial charge in [-0.25, -0.2) is 9.78 Å². The highest BCUT2D eigenvalue weighted by molar-refractivity contribution is 5.93. The van der Waals surface area contributed by atoms with Crippen LogP contribution in [0.3, 0.4) is 0 Å². The summed E-state index contributed by atoms with van der Waals surface area (Å²) in [5.41, 5.74) is 0.679. The third-order valence-corrected chi connectivity index (χ3v) is 3.98. The Morgan fingerprint density at radius 2 is 2.25 bits per heavy atom. The molecule has 0 saturated carbocycles. The minimum Gasteiger partial charge on any atom is -0.341 e. The van der Waals surface area contributed by atoms with Gasteiger partial charge in [0.25, 0.3) is 5.91 Å². The van der Waals surface area contributed by atoms with Crippen molar-refractivity contribution in [3.63, 3.8) is 0 Å². The standard InChI is InChI=1S/C13H19N5O2/c1-14-13(20)16-9-4-6-17(8-9)12(19)10-7-15-11-3-2-5-18(10)11/h7,9H,2-6,8H2,1H3,(H2,14,16,20). The van der Waals surface area contributed by atoms with Gasteiger partial charge in [0.05, 0.1) is 6.20 Å². The monoisotopic (exact) mass is 277 g/mol. The second-order valence-corrected chi connectivity index (χ2v) is 5.28. The lowest BCUT2D eigenvalue weighted by Gasteiger charge is -2.17. The summed E-state index contributed by atoms with van der Waals surface area (Å²) in [5.74, 6) is 1.03. The predicted molar refractivity (Wildman–Crippen MR) is 72.4 cm³/mol. The lowest BCUT2D eigenvalue weighted by molar-refractivity contribution is 0.0779. The van der Waals surface area contributed by atoms with Crippen molar-refractivity contribution in [1.29, 1.82) is 0 Å². The van der Waals surface area contributed by atoms with Gasteiger partial charge in [-0.15, -0.1) is 0 Å². The van der Waals surface area contributed by atoms with Crippen molar-refractivity contribution >= 4 is 11.9 Å². The number of hydrogen-bond acceptors (Lipinski definition) is 3. The minimum absolute atomic E-state index is 0.0202. The van der Waals surface area contributed by atoms with Crippen LogP contribution in [0.4, 0.5) is 4.79 Å². The maximum Gasteiger partial charge on any atom is 0.314 e. The van der Waals surface area contributed by atoms with Gasteiger partial charge in [-0.2, -0.15) is 0 Å². The van der Waals surface area contributed by atoms with Gasteiger partial charge in [0, 0.05) is 39.1 Å². The van der Waals surface area contributed by atoms with Gasteiger partial charge < -0.3 is 20.1 Å². The Hall–Kier alpha value is -2.05. The van der Waals surface area contributed by atoms with Gasteiger partial charge in [0.15, 0.2) is 0 Å². The number of carbonyl (C=O) groups is 2. The van der Waals surface area contributed by atoms with Crippen molar-refractivity contribution in [2.45, 2.75) is 31.8 Å². The minimum atomic E-state index is -0.199. The number of nitrogens with one attached hydrogen (secondary N) is 2. The number of carbonyl (C=O) groups excluding carboxylic acids is 2. The SMILES string of the molecule is CNC(=O)NC1CCN(C(=O)c2cnc3n2CCC3)C1. The Morgan fingerprint density at radius 1 is 1.40 bits per heavy atom. The summed E-state index contributed by atoms with van der Waals surface area (Å²) in [6.45, 7) is 2.12. The average Bonchev–Trinajstić information content (AvgIpc) is 3.13. The van der Waals surface area contributed by atoms with Crippen LogP contribution in [0, 0.1) is 0 Å². The fraction of sp³-hybridized carbons (Fsp3) is 0.615. The van der Waals surface area contributed by atoms with Gasteiger partial charge in [-0.1, -0.05) is 0 Å². The molecule has 3 rings (SSSR count). The van der Waals surface area contributed by atoms with Crippen LogP contribution in [0.2, 0.25) is 0 Å². The summed E-state index contributed by atoms with van der Waals surface area (Å²) >= 11 is 0. The highest BCUT2D eigenvalue weighted by Gasteiger charge is 2.30. The zero-order valence-electron chi connectivity index (χ0n) is 11.6. The fourth-order valence-corrected chi connectivity index (χ4v) is 2.91. The van der Waals surface area contributed by atoms with E-state index >= 15 is 0 Å². The number of fused-ring (bicyclic) bond motifs is 1. The van der Waals surface area contributed by atoms with E-state index < -0.39 is 0 Å². The summed E-state index contributed by atoms with van der Waals surface area (Å²) in [5, 5.41) is 5.37. The maximum atomic E-state index is 12.5. The van der Waals surface area contributed by atoms with Crippen molar-refractivity contribution in [1.82, 2.24) is 25.1 Å². The Morgan fingerprint density at radius 3 is 3.05 bits per heavy atom. The van der Waals surface area contributed by atoms with Crippen LogP contribution in [-0.2, 0) is 13.0 Å². The second kappa shape index (κ2) is 5.15. The number of rotatable bonds is 2. The molecule has 108 valence electrons. The number of imidazole rings is 1. The third-order valence-electron chi connectivity index (χ3n) is 3.98. The number of nitrogens with zero attached hydrogens (tertiary/aromatic N) is 3. The quantitative estimate of drug-likeness (QED) is 0.797. The lowest BCUT2D eigenvalue weighted by atomic mass is 10.3. The molecule has 2 N–H and O–H groups in total. The van der Waals surface area contributed by atoms with E-state index in [9.17, 15) is 9.59 Å². The van der Waals surface area contributed by atoms with E-state index in [1.807, 2.05) is 4.57 Å². The maximum absolute atomic E-state index is 12.5. The van der Waals surface area contributed by atoms with Crippen LogP contribution in [0.1, 0.15) is 29.2 Å². The zero-order chi connectivity index (χ0) is 14.1. The second-order valence-electron chi connectivity index (χ2n) is 5.28. The molecule has 7 heteroatoms. The van der Waals surface area contributed by atoms with Gasteiger partial charge >= 0.3 is 6.03 Å². The summed E-state index contributed by atoms with van der Waals surface area (Å²) < 4.78 is 2.02. The normalized spacial score (nSPS) is 20.9. The number of urea groups is 1. The largest absolute Gasteiger partial charge is 0.341 e. The summed E-state index contributed by atoms with van der Waals surface area (Å²) in [6, 6.07) is -0.172. The first-order valence-corrected chi connectivity index (χ1v) is 7.01. The predicted octanol–water partition coefficient (Wildman–Crippen LogP) is -0.0272. The van der Waals surface area contributed by atoms with Crippen molar-refractivity contribution in [3.05, 3.63) is 17.7 Å². The molecule has 1 fully saturated rings. The average molecular weight is 277 g/mol. The lowest BCUT2D eigenvalue weighted by Crippen LogP contribution is -2.42. The molecule has 7 nitrogen and oxygen atoms in total. The summed E-state index contributed by atoms with van der Waals surface area (Å²) in [4.78, 5) is 29.9. The molecule has 0 radical (unpaired) electrons. The molecule has 2 aliphatic rings. The number of aromatic nitrogens is 2. The molecule has 0 bridgehead atoms. The van der Waals surface area contributed by atoms with Gasteiger partial charge in [-0.3, -0.25) is 4.79 Å². The van der Waals surface area contributed by atoms with Crippen LogP contribution in [0.15, 0.2) is 6.20 Å². The smallest absolute Gasteiger partial charge is 0.314 e. The Kier molecular flexibility index (Phi) is 3.33. The molecule has 2 aliphatic heterocycles. The first-order valence-electron chi connectivity index (χ1n) is 7.01. The first-order chi connectivity index (χ1) is 9.69.